The zero-order valence-electron chi connectivity index (χ0n) is 12.1. The highest BCUT2D eigenvalue weighted by atomic mass is 16.5. The number of nitrogens with one attached hydrogen (secondary N) is 1. The van der Waals surface area contributed by atoms with Crippen molar-refractivity contribution in [2.75, 3.05) is 32.9 Å². The molecule has 1 N–H and O–H groups in total. The van der Waals surface area contributed by atoms with E-state index in [0.717, 1.165) is 31.9 Å². The molecule has 1 rings (SSSR count). The first-order chi connectivity index (χ1) is 9.43. The lowest BCUT2D eigenvalue weighted by atomic mass is 10.2. The van der Waals surface area contributed by atoms with Crippen molar-refractivity contribution in [2.24, 2.45) is 0 Å². The van der Waals surface area contributed by atoms with Crippen LogP contribution in [-0.2, 0) is 4.74 Å². The number of rotatable bonds is 12. The molecule has 0 aromatic heterocycles. The Morgan fingerprint density at radius 2 is 1.68 bits per heavy atom. The van der Waals surface area contributed by atoms with Crippen LogP contribution in [0.1, 0.15) is 32.6 Å². The quantitative estimate of drug-likeness (QED) is 0.588. The molecule has 0 spiro atoms. The fourth-order valence-corrected chi connectivity index (χ4v) is 1.82. The molecule has 0 aliphatic rings. The molecule has 1 aromatic carbocycles. The second kappa shape index (κ2) is 12.0. The van der Waals surface area contributed by atoms with Gasteiger partial charge in [-0.05, 0) is 38.1 Å². The molecular formula is C16H27NO2. The third-order valence-electron chi connectivity index (χ3n) is 2.88. The maximum absolute atomic E-state index is 5.54. The largest absolute Gasteiger partial charge is 0.491 e. The summed E-state index contributed by atoms with van der Waals surface area (Å²) < 4.78 is 11.1. The van der Waals surface area contributed by atoms with E-state index in [9.17, 15) is 0 Å². The molecule has 0 heterocycles. The standard InChI is InChI=1S/C16H27NO2/c1-2-17-12-8-3-4-9-13-18-14-15-19-16-10-6-5-7-11-16/h5-7,10-11,17H,2-4,8-9,12-15H2,1H3. The molecule has 0 atom stereocenters. The molecule has 0 aliphatic carbocycles. The highest BCUT2D eigenvalue weighted by Crippen LogP contribution is 2.07. The topological polar surface area (TPSA) is 30.5 Å². The molecule has 1 aromatic rings. The molecule has 108 valence electrons. The summed E-state index contributed by atoms with van der Waals surface area (Å²) in [6.45, 7) is 6.51. The number of hydrogen-bond donors (Lipinski definition) is 1. The van der Waals surface area contributed by atoms with Crippen molar-refractivity contribution >= 4 is 0 Å². The molecule has 0 radical (unpaired) electrons. The van der Waals surface area contributed by atoms with Crippen molar-refractivity contribution in [2.45, 2.75) is 32.6 Å². The SMILES string of the molecule is CCNCCCCCCOCCOc1ccccc1. The fraction of sp³-hybridized carbons (Fsp3) is 0.625. The second-order valence-electron chi connectivity index (χ2n) is 4.54. The maximum Gasteiger partial charge on any atom is 0.119 e. The lowest BCUT2D eigenvalue weighted by Gasteiger charge is -2.07. The Kier molecular flexibility index (Phi) is 10.1. The van der Waals surface area contributed by atoms with Crippen LogP contribution in [0.25, 0.3) is 0 Å². The van der Waals surface area contributed by atoms with Crippen LogP contribution in [0.15, 0.2) is 30.3 Å². The Labute approximate surface area is 117 Å². The van der Waals surface area contributed by atoms with E-state index in [-0.39, 0.29) is 0 Å². The Morgan fingerprint density at radius 1 is 0.895 bits per heavy atom. The first-order valence-electron chi connectivity index (χ1n) is 7.40. The van der Waals surface area contributed by atoms with E-state index in [1.54, 1.807) is 0 Å². The number of benzene rings is 1. The number of unbranched alkanes of at least 4 members (excludes halogenated alkanes) is 3. The van der Waals surface area contributed by atoms with E-state index in [1.165, 1.54) is 19.3 Å². The van der Waals surface area contributed by atoms with E-state index in [1.807, 2.05) is 30.3 Å². The summed E-state index contributed by atoms with van der Waals surface area (Å²) in [5.41, 5.74) is 0. The highest BCUT2D eigenvalue weighted by Gasteiger charge is 1.93. The van der Waals surface area contributed by atoms with Gasteiger partial charge in [-0.15, -0.1) is 0 Å². The van der Waals surface area contributed by atoms with Gasteiger partial charge in [0.05, 0.1) is 6.61 Å². The third kappa shape index (κ3) is 9.51. The summed E-state index contributed by atoms with van der Waals surface area (Å²) in [7, 11) is 0. The third-order valence-corrected chi connectivity index (χ3v) is 2.88. The van der Waals surface area contributed by atoms with Gasteiger partial charge >= 0.3 is 0 Å². The smallest absolute Gasteiger partial charge is 0.119 e. The van der Waals surface area contributed by atoms with Gasteiger partial charge in [0, 0.05) is 6.61 Å². The Bertz CT molecular complexity index is 290. The Balaban J connectivity index is 1.79. The van der Waals surface area contributed by atoms with Crippen LogP contribution in [0.2, 0.25) is 0 Å². The molecule has 0 fully saturated rings. The molecule has 0 amide bonds. The zero-order valence-corrected chi connectivity index (χ0v) is 12.1. The van der Waals surface area contributed by atoms with E-state index in [2.05, 4.69) is 12.2 Å². The van der Waals surface area contributed by atoms with Crippen LogP contribution in [-0.4, -0.2) is 32.9 Å². The van der Waals surface area contributed by atoms with Gasteiger partial charge in [0.1, 0.15) is 12.4 Å². The average molecular weight is 265 g/mol. The van der Waals surface area contributed by atoms with Gasteiger partial charge < -0.3 is 14.8 Å². The van der Waals surface area contributed by atoms with Crippen LogP contribution >= 0.6 is 0 Å². The molecule has 3 nitrogen and oxygen atoms in total. The second-order valence-corrected chi connectivity index (χ2v) is 4.54. The van der Waals surface area contributed by atoms with Crippen molar-refractivity contribution in [3.8, 4) is 5.75 Å². The predicted molar refractivity (Wildman–Crippen MR) is 79.8 cm³/mol. The average Bonchev–Trinajstić information content (AvgIpc) is 2.46. The van der Waals surface area contributed by atoms with E-state index in [4.69, 9.17) is 9.47 Å². The first kappa shape index (κ1) is 16.0. The van der Waals surface area contributed by atoms with Crippen molar-refractivity contribution in [1.29, 1.82) is 0 Å². The molecule has 0 aliphatic heterocycles. The minimum atomic E-state index is 0.629. The summed E-state index contributed by atoms with van der Waals surface area (Å²) in [5, 5.41) is 3.33. The van der Waals surface area contributed by atoms with Gasteiger partial charge in [-0.25, -0.2) is 0 Å². The van der Waals surface area contributed by atoms with Crippen LogP contribution in [0, 0.1) is 0 Å². The minimum Gasteiger partial charge on any atom is -0.491 e. The molecule has 3 heteroatoms. The van der Waals surface area contributed by atoms with Gasteiger partial charge in [0.15, 0.2) is 0 Å². The predicted octanol–water partition coefficient (Wildman–Crippen LogP) is 3.25. The monoisotopic (exact) mass is 265 g/mol. The van der Waals surface area contributed by atoms with Gasteiger partial charge in [-0.1, -0.05) is 38.0 Å². The molecule has 0 bridgehead atoms. The van der Waals surface area contributed by atoms with Crippen molar-refractivity contribution < 1.29 is 9.47 Å². The van der Waals surface area contributed by atoms with Gasteiger partial charge in [-0.3, -0.25) is 0 Å². The molecule has 0 saturated carbocycles. The Morgan fingerprint density at radius 3 is 2.47 bits per heavy atom. The van der Waals surface area contributed by atoms with Gasteiger partial charge in [-0.2, -0.15) is 0 Å². The summed E-state index contributed by atoms with van der Waals surface area (Å²) in [4.78, 5) is 0. The fourth-order valence-electron chi connectivity index (χ4n) is 1.82. The van der Waals surface area contributed by atoms with Gasteiger partial charge in [0.25, 0.3) is 0 Å². The maximum atomic E-state index is 5.54. The summed E-state index contributed by atoms with van der Waals surface area (Å²) in [6, 6.07) is 9.86. The Hall–Kier alpha value is -1.06. The number of para-hydroxylation sites is 1. The normalized spacial score (nSPS) is 10.6. The summed E-state index contributed by atoms with van der Waals surface area (Å²) in [5.74, 6) is 0.912. The number of ether oxygens (including phenoxy) is 2. The minimum absolute atomic E-state index is 0.629. The molecule has 19 heavy (non-hydrogen) atoms. The van der Waals surface area contributed by atoms with Crippen molar-refractivity contribution in [1.82, 2.24) is 5.32 Å². The molecule has 0 saturated heterocycles. The van der Waals surface area contributed by atoms with Crippen LogP contribution in [0.5, 0.6) is 5.75 Å². The number of hydrogen-bond acceptors (Lipinski definition) is 3. The molecular weight excluding hydrogens is 238 g/mol. The first-order valence-corrected chi connectivity index (χ1v) is 7.40. The van der Waals surface area contributed by atoms with E-state index >= 15 is 0 Å². The highest BCUT2D eigenvalue weighted by molar-refractivity contribution is 5.20. The summed E-state index contributed by atoms with van der Waals surface area (Å²) >= 11 is 0. The summed E-state index contributed by atoms with van der Waals surface area (Å²) in [6.07, 6.45) is 4.96. The zero-order chi connectivity index (χ0) is 13.6. The van der Waals surface area contributed by atoms with Crippen LogP contribution < -0.4 is 10.1 Å². The van der Waals surface area contributed by atoms with Crippen LogP contribution in [0.4, 0.5) is 0 Å². The molecule has 0 unspecified atom stereocenters. The lowest BCUT2D eigenvalue weighted by molar-refractivity contribution is 0.0971. The van der Waals surface area contributed by atoms with Crippen LogP contribution in [0.3, 0.4) is 0 Å². The lowest BCUT2D eigenvalue weighted by Crippen LogP contribution is -2.13. The van der Waals surface area contributed by atoms with Crippen molar-refractivity contribution in [3.63, 3.8) is 0 Å². The van der Waals surface area contributed by atoms with E-state index < -0.39 is 0 Å². The van der Waals surface area contributed by atoms with E-state index in [0.29, 0.717) is 13.2 Å². The van der Waals surface area contributed by atoms with Crippen molar-refractivity contribution in [3.05, 3.63) is 30.3 Å². The van der Waals surface area contributed by atoms with Gasteiger partial charge in [0.2, 0.25) is 0 Å².